The van der Waals surface area contributed by atoms with Crippen LogP contribution < -0.4 is 16.3 Å². The van der Waals surface area contributed by atoms with Gasteiger partial charge >= 0.3 is 6.09 Å². The Balaban J connectivity index is 1.50. The maximum atomic E-state index is 15.3. The topological polar surface area (TPSA) is 104 Å². The minimum absolute atomic E-state index is 0.102. The molecular formula is C24H20FN3O4S. The summed E-state index contributed by atoms with van der Waals surface area (Å²) in [6, 6.07) is 8.80. The highest BCUT2D eigenvalue weighted by atomic mass is 32.1. The van der Waals surface area contributed by atoms with Gasteiger partial charge in [0, 0.05) is 23.0 Å². The van der Waals surface area contributed by atoms with Crippen LogP contribution in [0.4, 0.5) is 9.18 Å². The first kappa shape index (κ1) is 20.2. The normalized spacial score (nSPS) is 17.9. The summed E-state index contributed by atoms with van der Waals surface area (Å²) < 4.78 is 20.0. The Kier molecular flexibility index (Phi) is 4.45. The molecule has 2 aromatic heterocycles. The van der Waals surface area contributed by atoms with Crippen LogP contribution in [0.5, 0.6) is 0 Å². The number of nitrogens with one attached hydrogen (secondary N) is 2. The minimum Gasteiger partial charge on any atom is -0.465 e. The van der Waals surface area contributed by atoms with Gasteiger partial charge in [0.15, 0.2) is 0 Å². The summed E-state index contributed by atoms with van der Waals surface area (Å²) in [5, 5.41) is 11.8. The Bertz CT molecular complexity index is 1580. The average Bonchev–Trinajstić information content (AvgIpc) is 3.55. The molecule has 1 fully saturated rings. The van der Waals surface area contributed by atoms with Gasteiger partial charge in [-0.3, -0.25) is 14.0 Å². The molecule has 0 aliphatic heterocycles. The van der Waals surface area contributed by atoms with Gasteiger partial charge in [-0.05, 0) is 72.5 Å². The van der Waals surface area contributed by atoms with Gasteiger partial charge in [0.2, 0.25) is 5.43 Å². The zero-order valence-electron chi connectivity index (χ0n) is 17.5. The van der Waals surface area contributed by atoms with Crippen molar-refractivity contribution in [2.45, 2.75) is 44.2 Å². The van der Waals surface area contributed by atoms with E-state index in [1.807, 2.05) is 22.8 Å². The number of carbonyl (C=O) groups is 1. The Morgan fingerprint density at radius 3 is 2.73 bits per heavy atom. The molecule has 0 saturated heterocycles. The number of carboxylic acid groups (broad SMARTS) is 1. The second kappa shape index (κ2) is 7.28. The number of aromatic amines is 1. The van der Waals surface area contributed by atoms with Crippen LogP contribution in [0.2, 0.25) is 0 Å². The number of benzene rings is 2. The van der Waals surface area contributed by atoms with Crippen molar-refractivity contribution in [1.29, 1.82) is 0 Å². The lowest BCUT2D eigenvalue weighted by molar-refractivity contribution is 0.188. The number of hydrogen-bond donors (Lipinski definition) is 3. The van der Waals surface area contributed by atoms with Crippen LogP contribution in [-0.2, 0) is 12.8 Å². The first-order valence-corrected chi connectivity index (χ1v) is 11.7. The zero-order chi connectivity index (χ0) is 22.9. The molecule has 168 valence electrons. The molecule has 2 aliphatic carbocycles. The predicted octanol–water partition coefficient (Wildman–Crippen LogP) is 4.17. The largest absolute Gasteiger partial charge is 0.465 e. The molecule has 2 heterocycles. The first-order valence-electron chi connectivity index (χ1n) is 10.9. The number of aryl methyl sites for hydroxylation is 1. The van der Waals surface area contributed by atoms with Gasteiger partial charge in [0.1, 0.15) is 16.0 Å². The van der Waals surface area contributed by atoms with Crippen LogP contribution in [0.25, 0.3) is 32.2 Å². The van der Waals surface area contributed by atoms with Gasteiger partial charge in [-0.2, -0.15) is 0 Å². The Labute approximate surface area is 190 Å². The molecule has 0 spiro atoms. The van der Waals surface area contributed by atoms with Crippen molar-refractivity contribution in [3.05, 3.63) is 67.9 Å². The smallest absolute Gasteiger partial charge is 0.404 e. The van der Waals surface area contributed by atoms with E-state index in [2.05, 4.69) is 9.69 Å². The molecule has 4 aromatic rings. The maximum Gasteiger partial charge on any atom is 0.404 e. The molecule has 1 atom stereocenters. The average molecular weight is 466 g/mol. The summed E-state index contributed by atoms with van der Waals surface area (Å²) in [6.45, 7) is 0. The summed E-state index contributed by atoms with van der Waals surface area (Å²) >= 11 is 1.15. The van der Waals surface area contributed by atoms with Gasteiger partial charge in [-0.1, -0.05) is 18.2 Å². The number of amides is 1. The van der Waals surface area contributed by atoms with Gasteiger partial charge in [0.25, 0.3) is 5.56 Å². The van der Waals surface area contributed by atoms with E-state index in [-0.39, 0.29) is 22.9 Å². The van der Waals surface area contributed by atoms with Crippen LogP contribution in [0.3, 0.4) is 0 Å². The highest BCUT2D eigenvalue weighted by molar-refractivity contribution is 7.12. The summed E-state index contributed by atoms with van der Waals surface area (Å²) in [4.78, 5) is 36.8. The molecule has 2 aliphatic rings. The standard InChI is InChI=1S/C24H20FN3O4S/c25-18-9-17-19(28(15-5-6-15)23-20(21(17)29)22(30)27-33-23)10-16(18)13-2-1-12-8-14(26-24(31)32)4-3-11(12)7-13/h1-2,7,9-10,14-15,26H,3-6,8H2,(H,27,30)(H,31,32). The monoisotopic (exact) mass is 465 g/mol. The number of nitrogens with zero attached hydrogens (tertiary/aromatic N) is 1. The summed E-state index contributed by atoms with van der Waals surface area (Å²) in [5.74, 6) is -0.505. The summed E-state index contributed by atoms with van der Waals surface area (Å²) in [7, 11) is 0. The van der Waals surface area contributed by atoms with Gasteiger partial charge in [-0.25, -0.2) is 9.18 Å². The minimum atomic E-state index is -1.03. The molecule has 1 saturated carbocycles. The SMILES string of the molecule is O=C(O)NC1CCc2cc(-c3cc4c(cc3F)c(=O)c3c(=O)[nH]sc3n4C3CC3)ccc2C1. The van der Waals surface area contributed by atoms with Crippen molar-refractivity contribution in [2.75, 3.05) is 0 Å². The third-order valence-electron chi connectivity index (χ3n) is 6.70. The number of hydrogen-bond acceptors (Lipinski definition) is 4. The third-order valence-corrected chi connectivity index (χ3v) is 7.58. The van der Waals surface area contributed by atoms with E-state index in [0.717, 1.165) is 41.1 Å². The Morgan fingerprint density at radius 2 is 1.97 bits per heavy atom. The number of aromatic nitrogens is 2. The Morgan fingerprint density at radius 1 is 1.15 bits per heavy atom. The number of pyridine rings is 1. The van der Waals surface area contributed by atoms with E-state index in [0.29, 0.717) is 35.2 Å². The van der Waals surface area contributed by atoms with E-state index >= 15 is 4.39 Å². The zero-order valence-corrected chi connectivity index (χ0v) is 18.3. The third kappa shape index (κ3) is 3.26. The van der Waals surface area contributed by atoms with Crippen LogP contribution in [-0.4, -0.2) is 26.2 Å². The molecule has 33 heavy (non-hydrogen) atoms. The highest BCUT2D eigenvalue weighted by Crippen LogP contribution is 2.41. The molecule has 0 bridgehead atoms. The second-order valence-electron chi connectivity index (χ2n) is 8.87. The Hall–Kier alpha value is -3.46. The fourth-order valence-corrected chi connectivity index (χ4v) is 5.91. The number of H-pyrrole nitrogens is 1. The molecule has 2 aromatic carbocycles. The number of rotatable bonds is 3. The van der Waals surface area contributed by atoms with Crippen LogP contribution in [0.1, 0.15) is 36.4 Å². The summed E-state index contributed by atoms with van der Waals surface area (Å²) in [5.41, 5.74) is 3.04. The molecule has 9 heteroatoms. The molecule has 7 nitrogen and oxygen atoms in total. The number of fused-ring (bicyclic) bond motifs is 3. The van der Waals surface area contributed by atoms with E-state index in [4.69, 9.17) is 5.11 Å². The van der Waals surface area contributed by atoms with Crippen LogP contribution >= 0.6 is 11.5 Å². The van der Waals surface area contributed by atoms with Crippen molar-refractivity contribution >= 4 is 38.7 Å². The molecular weight excluding hydrogens is 445 g/mol. The highest BCUT2D eigenvalue weighted by Gasteiger charge is 2.29. The lowest BCUT2D eigenvalue weighted by atomic mass is 9.86. The van der Waals surface area contributed by atoms with Crippen LogP contribution in [0, 0.1) is 5.82 Å². The van der Waals surface area contributed by atoms with E-state index in [1.165, 1.54) is 6.07 Å². The fourth-order valence-electron chi connectivity index (χ4n) is 4.99. The van der Waals surface area contributed by atoms with Gasteiger partial charge in [-0.15, -0.1) is 0 Å². The van der Waals surface area contributed by atoms with Gasteiger partial charge < -0.3 is 15.0 Å². The van der Waals surface area contributed by atoms with Crippen molar-refractivity contribution in [3.8, 4) is 11.1 Å². The van der Waals surface area contributed by atoms with E-state index in [9.17, 15) is 14.4 Å². The van der Waals surface area contributed by atoms with Crippen molar-refractivity contribution in [2.24, 2.45) is 0 Å². The molecule has 1 unspecified atom stereocenters. The van der Waals surface area contributed by atoms with Crippen molar-refractivity contribution < 1.29 is 14.3 Å². The lowest BCUT2D eigenvalue weighted by Crippen LogP contribution is -2.37. The van der Waals surface area contributed by atoms with Crippen molar-refractivity contribution in [1.82, 2.24) is 14.3 Å². The fraction of sp³-hybridized carbons (Fsp3) is 0.292. The van der Waals surface area contributed by atoms with Crippen molar-refractivity contribution in [3.63, 3.8) is 0 Å². The quantitative estimate of drug-likeness (QED) is 0.422. The second-order valence-corrected chi connectivity index (χ2v) is 9.66. The summed E-state index contributed by atoms with van der Waals surface area (Å²) in [6.07, 6.45) is 2.88. The molecule has 6 rings (SSSR count). The maximum absolute atomic E-state index is 15.3. The predicted molar refractivity (Wildman–Crippen MR) is 125 cm³/mol. The lowest BCUT2D eigenvalue weighted by Gasteiger charge is -2.25. The first-order chi connectivity index (χ1) is 15.9. The molecule has 3 N–H and O–H groups in total. The van der Waals surface area contributed by atoms with E-state index in [1.54, 1.807) is 6.07 Å². The molecule has 0 radical (unpaired) electrons. The molecule has 1 amide bonds. The number of halogens is 1. The van der Waals surface area contributed by atoms with E-state index < -0.39 is 22.9 Å². The van der Waals surface area contributed by atoms with Gasteiger partial charge in [0.05, 0.1) is 5.52 Å². The van der Waals surface area contributed by atoms with Crippen LogP contribution in [0.15, 0.2) is 39.9 Å².